The predicted molar refractivity (Wildman–Crippen MR) is 82.7 cm³/mol. The van der Waals surface area contributed by atoms with Crippen LogP contribution in [0.5, 0.6) is 0 Å². The molecule has 1 rings (SSSR count). The third kappa shape index (κ3) is 11.4. The fraction of sp³-hybridized carbons (Fsp3) is 1.00. The smallest absolute Gasteiger partial charge is 0.0593 e. The van der Waals surface area contributed by atoms with Gasteiger partial charge in [0, 0.05) is 13.2 Å². The zero-order chi connectivity index (χ0) is 13.8. The standard InChI is InChI=1S/C16H34N2O/c1-3-10-17-11-6-4-5-7-12-18(2)13-14-19-15-16-8-9-16/h16-17H,3-15H2,1-2H3. The molecule has 0 radical (unpaired) electrons. The van der Waals surface area contributed by atoms with Gasteiger partial charge in [0.1, 0.15) is 0 Å². The third-order valence-electron chi connectivity index (χ3n) is 3.74. The van der Waals surface area contributed by atoms with Crippen molar-refractivity contribution in [2.24, 2.45) is 5.92 Å². The summed E-state index contributed by atoms with van der Waals surface area (Å²) in [6, 6.07) is 0. The summed E-state index contributed by atoms with van der Waals surface area (Å²) in [5.74, 6) is 0.895. The average molecular weight is 270 g/mol. The normalized spacial score (nSPS) is 15.3. The van der Waals surface area contributed by atoms with Crippen molar-refractivity contribution >= 4 is 0 Å². The molecule has 3 nitrogen and oxygen atoms in total. The summed E-state index contributed by atoms with van der Waals surface area (Å²) in [4.78, 5) is 2.40. The number of nitrogens with zero attached hydrogens (tertiary/aromatic N) is 1. The van der Waals surface area contributed by atoms with Crippen LogP contribution in [0.25, 0.3) is 0 Å². The number of rotatable bonds is 14. The predicted octanol–water partition coefficient (Wildman–Crippen LogP) is 2.90. The highest BCUT2D eigenvalue weighted by atomic mass is 16.5. The van der Waals surface area contributed by atoms with E-state index in [-0.39, 0.29) is 0 Å². The van der Waals surface area contributed by atoms with Crippen LogP contribution in [0.3, 0.4) is 0 Å². The van der Waals surface area contributed by atoms with E-state index in [9.17, 15) is 0 Å². The van der Waals surface area contributed by atoms with Gasteiger partial charge < -0.3 is 15.0 Å². The number of likely N-dealkylation sites (N-methyl/N-ethyl adjacent to an activating group) is 1. The molecule has 1 N–H and O–H groups in total. The lowest BCUT2D eigenvalue weighted by Crippen LogP contribution is -2.24. The SMILES string of the molecule is CCCNCCCCCCN(C)CCOCC1CC1. The van der Waals surface area contributed by atoms with Crippen molar-refractivity contribution in [3.63, 3.8) is 0 Å². The van der Waals surface area contributed by atoms with Gasteiger partial charge in [-0.2, -0.15) is 0 Å². The number of hydrogen-bond donors (Lipinski definition) is 1. The second-order valence-electron chi connectivity index (χ2n) is 5.99. The zero-order valence-electron chi connectivity index (χ0n) is 13.1. The highest BCUT2D eigenvalue weighted by molar-refractivity contribution is 4.71. The van der Waals surface area contributed by atoms with Gasteiger partial charge in [0.25, 0.3) is 0 Å². The molecule has 0 amide bonds. The number of nitrogens with one attached hydrogen (secondary N) is 1. The monoisotopic (exact) mass is 270 g/mol. The maximum Gasteiger partial charge on any atom is 0.0593 e. The molecule has 19 heavy (non-hydrogen) atoms. The van der Waals surface area contributed by atoms with Crippen molar-refractivity contribution < 1.29 is 4.74 Å². The second-order valence-corrected chi connectivity index (χ2v) is 5.99. The molecule has 0 aliphatic heterocycles. The molecule has 0 aromatic carbocycles. The lowest BCUT2D eigenvalue weighted by atomic mass is 10.2. The van der Waals surface area contributed by atoms with E-state index >= 15 is 0 Å². The Hall–Kier alpha value is -0.120. The first-order chi connectivity index (χ1) is 9.33. The Morgan fingerprint density at radius 2 is 1.84 bits per heavy atom. The van der Waals surface area contributed by atoms with E-state index < -0.39 is 0 Å². The molecule has 0 spiro atoms. The minimum atomic E-state index is 0.895. The second kappa shape index (κ2) is 11.7. The molecule has 0 heterocycles. The van der Waals surface area contributed by atoms with Crippen molar-refractivity contribution in [3.8, 4) is 0 Å². The van der Waals surface area contributed by atoms with E-state index in [0.717, 1.165) is 25.7 Å². The van der Waals surface area contributed by atoms with E-state index in [1.807, 2.05) is 0 Å². The summed E-state index contributed by atoms with van der Waals surface area (Å²) < 4.78 is 5.66. The topological polar surface area (TPSA) is 24.5 Å². The number of hydrogen-bond acceptors (Lipinski definition) is 3. The van der Waals surface area contributed by atoms with Crippen LogP contribution < -0.4 is 5.32 Å². The summed E-state index contributed by atoms with van der Waals surface area (Å²) in [7, 11) is 2.21. The first-order valence-corrected chi connectivity index (χ1v) is 8.30. The fourth-order valence-corrected chi connectivity index (χ4v) is 2.15. The Bertz CT molecular complexity index is 195. The van der Waals surface area contributed by atoms with Gasteiger partial charge in [-0.1, -0.05) is 19.8 Å². The lowest BCUT2D eigenvalue weighted by molar-refractivity contribution is 0.103. The van der Waals surface area contributed by atoms with Crippen LogP contribution in [0.15, 0.2) is 0 Å². The molecule has 1 saturated carbocycles. The summed E-state index contributed by atoms with van der Waals surface area (Å²) in [6.07, 6.45) is 9.41. The van der Waals surface area contributed by atoms with Gasteiger partial charge in [0.05, 0.1) is 6.61 Å². The van der Waals surface area contributed by atoms with Gasteiger partial charge >= 0.3 is 0 Å². The van der Waals surface area contributed by atoms with Crippen molar-refractivity contribution in [1.82, 2.24) is 10.2 Å². The Morgan fingerprint density at radius 3 is 2.58 bits per heavy atom. The molecule has 1 fully saturated rings. The van der Waals surface area contributed by atoms with Crippen molar-refractivity contribution in [1.29, 1.82) is 0 Å². The fourth-order valence-electron chi connectivity index (χ4n) is 2.15. The average Bonchev–Trinajstić information content (AvgIpc) is 3.22. The number of unbranched alkanes of at least 4 members (excludes halogenated alkanes) is 3. The van der Waals surface area contributed by atoms with Gasteiger partial charge in [-0.3, -0.25) is 0 Å². The Kier molecular flexibility index (Phi) is 10.4. The molecular formula is C16H34N2O. The molecule has 0 atom stereocenters. The van der Waals surface area contributed by atoms with Crippen LogP contribution in [0, 0.1) is 5.92 Å². The maximum absolute atomic E-state index is 5.66. The van der Waals surface area contributed by atoms with Crippen LogP contribution in [-0.4, -0.2) is 51.3 Å². The third-order valence-corrected chi connectivity index (χ3v) is 3.74. The van der Waals surface area contributed by atoms with Crippen molar-refractivity contribution in [3.05, 3.63) is 0 Å². The zero-order valence-corrected chi connectivity index (χ0v) is 13.1. The molecule has 0 aromatic heterocycles. The Morgan fingerprint density at radius 1 is 1.05 bits per heavy atom. The van der Waals surface area contributed by atoms with Gasteiger partial charge in [-0.15, -0.1) is 0 Å². The van der Waals surface area contributed by atoms with Crippen molar-refractivity contribution in [2.75, 3.05) is 46.4 Å². The lowest BCUT2D eigenvalue weighted by Gasteiger charge is -2.16. The van der Waals surface area contributed by atoms with Gasteiger partial charge in [0.15, 0.2) is 0 Å². The molecule has 0 aromatic rings. The van der Waals surface area contributed by atoms with Crippen LogP contribution >= 0.6 is 0 Å². The first kappa shape index (κ1) is 16.9. The van der Waals surface area contributed by atoms with E-state index in [1.54, 1.807) is 0 Å². The molecule has 114 valence electrons. The van der Waals surface area contributed by atoms with E-state index in [1.165, 1.54) is 64.6 Å². The summed E-state index contributed by atoms with van der Waals surface area (Å²) in [5, 5.41) is 3.46. The molecule has 0 saturated heterocycles. The number of ether oxygens (including phenoxy) is 1. The van der Waals surface area contributed by atoms with Gasteiger partial charge in [-0.25, -0.2) is 0 Å². The van der Waals surface area contributed by atoms with E-state index in [4.69, 9.17) is 4.74 Å². The summed E-state index contributed by atoms with van der Waals surface area (Å²) in [5.41, 5.74) is 0. The molecular weight excluding hydrogens is 236 g/mol. The molecule has 1 aliphatic rings. The quantitative estimate of drug-likeness (QED) is 0.491. The molecule has 1 aliphatic carbocycles. The van der Waals surface area contributed by atoms with E-state index in [0.29, 0.717) is 0 Å². The van der Waals surface area contributed by atoms with Gasteiger partial charge in [0.2, 0.25) is 0 Å². The van der Waals surface area contributed by atoms with Crippen LogP contribution in [0.4, 0.5) is 0 Å². The molecule has 0 unspecified atom stereocenters. The highest BCUT2D eigenvalue weighted by Crippen LogP contribution is 2.28. The van der Waals surface area contributed by atoms with Crippen LogP contribution in [-0.2, 0) is 4.74 Å². The largest absolute Gasteiger partial charge is 0.380 e. The van der Waals surface area contributed by atoms with Crippen molar-refractivity contribution in [2.45, 2.75) is 51.9 Å². The summed E-state index contributed by atoms with van der Waals surface area (Å²) >= 11 is 0. The summed E-state index contributed by atoms with van der Waals surface area (Å²) in [6.45, 7) is 8.80. The van der Waals surface area contributed by atoms with Crippen LogP contribution in [0.1, 0.15) is 51.9 Å². The minimum Gasteiger partial charge on any atom is -0.380 e. The minimum absolute atomic E-state index is 0.895. The molecule has 3 heteroatoms. The van der Waals surface area contributed by atoms with E-state index in [2.05, 4.69) is 24.2 Å². The van der Waals surface area contributed by atoms with Gasteiger partial charge in [-0.05, 0) is 64.7 Å². The van der Waals surface area contributed by atoms with Crippen LogP contribution in [0.2, 0.25) is 0 Å². The Labute approximate surface area is 120 Å². The highest BCUT2D eigenvalue weighted by Gasteiger charge is 2.20. The first-order valence-electron chi connectivity index (χ1n) is 8.30. The Balaban J connectivity index is 1.72. The maximum atomic E-state index is 5.66. The molecule has 0 bridgehead atoms.